The maximum atomic E-state index is 13.3. The molecule has 0 saturated heterocycles. The lowest BCUT2D eigenvalue weighted by atomic mass is 10.1. The van der Waals surface area contributed by atoms with Crippen LogP contribution >= 0.6 is 0 Å². The predicted octanol–water partition coefficient (Wildman–Crippen LogP) is 4.38. The summed E-state index contributed by atoms with van der Waals surface area (Å²) in [6.45, 7) is 3.89. The maximum absolute atomic E-state index is 13.3. The van der Waals surface area contributed by atoms with Gasteiger partial charge in [0.1, 0.15) is 0 Å². The van der Waals surface area contributed by atoms with Gasteiger partial charge in [-0.2, -0.15) is 0 Å². The van der Waals surface area contributed by atoms with Gasteiger partial charge in [-0.05, 0) is 44.0 Å². The first-order valence-electron chi connectivity index (χ1n) is 8.03. The van der Waals surface area contributed by atoms with Gasteiger partial charge in [0.2, 0.25) is 0 Å². The third-order valence-electron chi connectivity index (χ3n) is 4.15. The number of hydrogen-bond donors (Lipinski definition) is 0. The van der Waals surface area contributed by atoms with E-state index in [-0.39, 0.29) is 6.04 Å². The van der Waals surface area contributed by atoms with Crippen molar-refractivity contribution < 1.29 is 8.42 Å². The molecule has 1 heterocycles. The lowest BCUT2D eigenvalue weighted by molar-refractivity contribution is 0.438. The van der Waals surface area contributed by atoms with Gasteiger partial charge in [-0.15, -0.1) is 0 Å². The zero-order valence-corrected chi connectivity index (χ0v) is 14.7. The standard InChI is InChI=1S/C20H21NO2S/c1-16-12-14-19(15-13-16)24(22,23)21-17(2)8-6-7-11-20(21)18-9-4-3-5-10-18/h3-7,9-15,17H,8H2,1-2H3. The van der Waals surface area contributed by atoms with Crippen LogP contribution in [-0.2, 0) is 10.0 Å². The van der Waals surface area contributed by atoms with Crippen molar-refractivity contribution in [2.45, 2.75) is 31.2 Å². The summed E-state index contributed by atoms with van der Waals surface area (Å²) in [7, 11) is -3.62. The van der Waals surface area contributed by atoms with Gasteiger partial charge in [-0.1, -0.05) is 60.2 Å². The molecule has 3 nitrogen and oxygen atoms in total. The molecule has 0 radical (unpaired) electrons. The molecule has 0 spiro atoms. The van der Waals surface area contributed by atoms with Crippen molar-refractivity contribution >= 4 is 15.7 Å². The fourth-order valence-corrected chi connectivity index (χ4v) is 4.56. The van der Waals surface area contributed by atoms with Gasteiger partial charge in [0.05, 0.1) is 10.6 Å². The molecule has 0 aliphatic carbocycles. The smallest absolute Gasteiger partial charge is 0.263 e. The fourth-order valence-electron chi connectivity index (χ4n) is 2.86. The number of aryl methyl sites for hydroxylation is 1. The van der Waals surface area contributed by atoms with Gasteiger partial charge < -0.3 is 0 Å². The monoisotopic (exact) mass is 339 g/mol. The first-order chi connectivity index (χ1) is 11.5. The minimum absolute atomic E-state index is 0.151. The van der Waals surface area contributed by atoms with Crippen molar-refractivity contribution in [3.63, 3.8) is 0 Å². The molecule has 0 fully saturated rings. The van der Waals surface area contributed by atoms with Crippen LogP contribution in [0, 0.1) is 6.92 Å². The number of hydrogen-bond acceptors (Lipinski definition) is 2. The summed E-state index contributed by atoms with van der Waals surface area (Å²) in [6.07, 6.45) is 6.50. The molecule has 124 valence electrons. The van der Waals surface area contributed by atoms with E-state index in [9.17, 15) is 8.42 Å². The molecule has 0 N–H and O–H groups in total. The summed E-state index contributed by atoms with van der Waals surface area (Å²) in [5.74, 6) is 0. The first-order valence-corrected chi connectivity index (χ1v) is 9.47. The lowest BCUT2D eigenvalue weighted by Crippen LogP contribution is -2.36. The molecule has 0 saturated carbocycles. The Balaban J connectivity index is 2.12. The van der Waals surface area contributed by atoms with Gasteiger partial charge in [0.25, 0.3) is 10.0 Å². The predicted molar refractivity (Wildman–Crippen MR) is 97.8 cm³/mol. The van der Waals surface area contributed by atoms with Gasteiger partial charge in [0, 0.05) is 6.04 Å². The third-order valence-corrected chi connectivity index (χ3v) is 6.09. The minimum atomic E-state index is -3.62. The molecule has 0 amide bonds. The highest BCUT2D eigenvalue weighted by molar-refractivity contribution is 7.89. The van der Waals surface area contributed by atoms with E-state index < -0.39 is 10.0 Å². The Morgan fingerprint density at radius 1 is 1.00 bits per heavy atom. The summed E-state index contributed by atoms with van der Waals surface area (Å²) < 4.78 is 28.2. The zero-order valence-electron chi connectivity index (χ0n) is 13.9. The molecule has 1 unspecified atom stereocenters. The molecule has 1 aliphatic heterocycles. The summed E-state index contributed by atoms with van der Waals surface area (Å²) in [5.41, 5.74) is 2.64. The van der Waals surface area contributed by atoms with Crippen LogP contribution in [0.2, 0.25) is 0 Å². The quantitative estimate of drug-likeness (QED) is 0.832. The van der Waals surface area contributed by atoms with Crippen LogP contribution in [0.5, 0.6) is 0 Å². The van der Waals surface area contributed by atoms with Crippen LogP contribution in [0.25, 0.3) is 5.70 Å². The molecule has 0 aromatic heterocycles. The molecule has 2 aromatic rings. The number of sulfonamides is 1. The summed E-state index contributed by atoms with van der Waals surface area (Å²) in [4.78, 5) is 0.323. The Hall–Kier alpha value is -2.33. The van der Waals surface area contributed by atoms with E-state index in [2.05, 4.69) is 0 Å². The normalized spacial score (nSPS) is 18.2. The summed E-state index contributed by atoms with van der Waals surface area (Å²) in [6, 6.07) is 16.5. The van der Waals surface area contributed by atoms with Crippen LogP contribution < -0.4 is 0 Å². The molecular weight excluding hydrogens is 318 g/mol. The molecule has 1 aliphatic rings. The van der Waals surface area contributed by atoms with Crippen LogP contribution in [-0.4, -0.2) is 18.8 Å². The Kier molecular flexibility index (Phi) is 4.58. The number of allylic oxidation sites excluding steroid dienone is 2. The topological polar surface area (TPSA) is 37.4 Å². The Morgan fingerprint density at radius 2 is 1.67 bits per heavy atom. The van der Waals surface area contributed by atoms with E-state index in [1.165, 1.54) is 0 Å². The molecule has 2 aromatic carbocycles. The van der Waals surface area contributed by atoms with Gasteiger partial charge >= 0.3 is 0 Å². The van der Waals surface area contributed by atoms with Gasteiger partial charge in [-0.3, -0.25) is 4.31 Å². The Labute approximate surface area is 144 Å². The van der Waals surface area contributed by atoms with Crippen LogP contribution in [0.1, 0.15) is 24.5 Å². The van der Waals surface area contributed by atoms with E-state index in [0.29, 0.717) is 17.0 Å². The van der Waals surface area contributed by atoms with E-state index in [0.717, 1.165) is 11.1 Å². The second-order valence-corrected chi connectivity index (χ2v) is 7.86. The van der Waals surface area contributed by atoms with E-state index in [1.54, 1.807) is 16.4 Å². The van der Waals surface area contributed by atoms with Crippen molar-refractivity contribution in [1.29, 1.82) is 0 Å². The van der Waals surface area contributed by atoms with Crippen molar-refractivity contribution in [3.8, 4) is 0 Å². The van der Waals surface area contributed by atoms with E-state index >= 15 is 0 Å². The highest BCUT2D eigenvalue weighted by atomic mass is 32.2. The Morgan fingerprint density at radius 3 is 2.33 bits per heavy atom. The van der Waals surface area contributed by atoms with Crippen LogP contribution in [0.15, 0.2) is 77.7 Å². The van der Waals surface area contributed by atoms with E-state index in [1.807, 2.05) is 74.5 Å². The second kappa shape index (κ2) is 6.65. The highest BCUT2D eigenvalue weighted by Gasteiger charge is 2.31. The van der Waals surface area contributed by atoms with Gasteiger partial charge in [0.15, 0.2) is 0 Å². The molecule has 1 atom stereocenters. The van der Waals surface area contributed by atoms with Crippen molar-refractivity contribution in [2.75, 3.05) is 0 Å². The minimum Gasteiger partial charge on any atom is -0.263 e. The number of nitrogens with zero attached hydrogens (tertiary/aromatic N) is 1. The van der Waals surface area contributed by atoms with Crippen molar-refractivity contribution in [3.05, 3.63) is 84.0 Å². The number of benzene rings is 2. The van der Waals surface area contributed by atoms with Crippen molar-refractivity contribution in [1.82, 2.24) is 4.31 Å². The molecule has 0 bridgehead atoms. The molecular formula is C20H21NO2S. The second-order valence-electron chi connectivity index (χ2n) is 6.04. The van der Waals surface area contributed by atoms with Crippen LogP contribution in [0.4, 0.5) is 0 Å². The largest absolute Gasteiger partial charge is 0.264 e. The van der Waals surface area contributed by atoms with Crippen LogP contribution in [0.3, 0.4) is 0 Å². The number of rotatable bonds is 3. The molecule has 4 heteroatoms. The lowest BCUT2D eigenvalue weighted by Gasteiger charge is -2.31. The molecule has 3 rings (SSSR count). The zero-order chi connectivity index (χ0) is 17.2. The van der Waals surface area contributed by atoms with Gasteiger partial charge in [-0.25, -0.2) is 8.42 Å². The maximum Gasteiger partial charge on any atom is 0.264 e. The first kappa shape index (κ1) is 16.5. The third kappa shape index (κ3) is 3.15. The fraction of sp³-hybridized carbons (Fsp3) is 0.200. The summed E-state index contributed by atoms with van der Waals surface area (Å²) in [5, 5.41) is 0. The highest BCUT2D eigenvalue weighted by Crippen LogP contribution is 2.32. The SMILES string of the molecule is Cc1ccc(S(=O)(=O)N2C(c3ccccc3)=CC=CCC2C)cc1. The Bertz CT molecular complexity index is 866. The average molecular weight is 339 g/mol. The summed E-state index contributed by atoms with van der Waals surface area (Å²) >= 11 is 0. The molecule has 24 heavy (non-hydrogen) atoms. The average Bonchev–Trinajstić information content (AvgIpc) is 2.78. The van der Waals surface area contributed by atoms with Crippen molar-refractivity contribution in [2.24, 2.45) is 0 Å². The van der Waals surface area contributed by atoms with E-state index in [4.69, 9.17) is 0 Å².